The van der Waals surface area contributed by atoms with Crippen LogP contribution in [0.2, 0.25) is 0 Å². The maximum atomic E-state index is 7.12. The van der Waals surface area contributed by atoms with Crippen LogP contribution in [-0.4, -0.2) is 17.7 Å². The first kappa shape index (κ1) is 15.8. The zero-order valence-corrected chi connectivity index (χ0v) is 13.2. The van der Waals surface area contributed by atoms with E-state index >= 15 is 0 Å². The fourth-order valence-electron chi connectivity index (χ4n) is 3.44. The molecule has 2 N–H and O–H groups in total. The predicted octanol–water partition coefficient (Wildman–Crippen LogP) is 2.89. The third-order valence-electron chi connectivity index (χ3n) is 4.55. The molecule has 1 aliphatic rings. The lowest BCUT2D eigenvalue weighted by molar-refractivity contribution is 0.448. The Morgan fingerprint density at radius 3 is 1.00 bits per heavy atom. The maximum absolute atomic E-state index is 7.12. The Hall–Kier alpha value is -1.58. The second-order valence-corrected chi connectivity index (χ2v) is 6.48. The monoisotopic (exact) mass is 282 g/mol. The fourth-order valence-corrected chi connectivity index (χ4v) is 3.44. The smallest absolute Gasteiger partial charge is 0.430 e. The molecular weight excluding hydrogens is 259 g/mol. The van der Waals surface area contributed by atoms with Crippen LogP contribution in [0.15, 0.2) is 48.5 Å². The molecule has 0 radical (unpaired) electrons. The molecule has 0 saturated heterocycles. The van der Waals surface area contributed by atoms with Gasteiger partial charge in [-0.25, -0.2) is 0 Å². The molecule has 110 valence electrons. The van der Waals surface area contributed by atoms with Gasteiger partial charge in [0, 0.05) is 10.8 Å². The summed E-state index contributed by atoms with van der Waals surface area (Å²) in [5.41, 5.74) is 6.07. The van der Waals surface area contributed by atoms with Crippen LogP contribution in [0.1, 0.15) is 49.9 Å². The third kappa shape index (κ3) is 2.52. The molecule has 3 rings (SSSR count). The Labute approximate surface area is 127 Å². The molecule has 1 aliphatic carbocycles. The van der Waals surface area contributed by atoms with Crippen molar-refractivity contribution in [1.29, 1.82) is 0 Å². The molecule has 2 aromatic rings. The lowest BCUT2D eigenvalue weighted by atomic mass is 9.60. The van der Waals surface area contributed by atoms with E-state index in [1.807, 2.05) is 0 Å². The average molecular weight is 282 g/mol. The summed E-state index contributed by atoms with van der Waals surface area (Å²) in [6, 6.07) is 17.8. The van der Waals surface area contributed by atoms with Crippen molar-refractivity contribution in [2.45, 2.75) is 38.5 Å². The van der Waals surface area contributed by atoms with E-state index in [1.54, 1.807) is 0 Å². The zero-order chi connectivity index (χ0) is 15.7. The molecule has 0 amide bonds. The van der Waals surface area contributed by atoms with E-state index in [9.17, 15) is 0 Å². The van der Waals surface area contributed by atoms with E-state index in [1.165, 1.54) is 22.3 Å². The standard InChI is InChI=1S/C18H20.BH3O2/c1-17(2)13-9-5-7-11-15(13)18(3,4)16-12-8-6-10-14(16)17;2-1-3/h5-12H,1-4H3;1-3H. The van der Waals surface area contributed by atoms with E-state index in [4.69, 9.17) is 10.0 Å². The van der Waals surface area contributed by atoms with E-state index in [2.05, 4.69) is 76.2 Å². The van der Waals surface area contributed by atoms with Gasteiger partial charge in [-0.2, -0.15) is 0 Å². The molecule has 0 atom stereocenters. The quantitative estimate of drug-likeness (QED) is 0.729. The Morgan fingerprint density at radius 2 is 0.810 bits per heavy atom. The van der Waals surface area contributed by atoms with Gasteiger partial charge in [0.25, 0.3) is 0 Å². The molecule has 2 aromatic carbocycles. The Balaban J connectivity index is 0.000000497. The number of rotatable bonds is 0. The normalized spacial score (nSPS) is 16.9. The summed E-state index contributed by atoms with van der Waals surface area (Å²) in [6.45, 7) is 9.33. The van der Waals surface area contributed by atoms with E-state index < -0.39 is 7.69 Å². The first-order valence-corrected chi connectivity index (χ1v) is 7.29. The van der Waals surface area contributed by atoms with Gasteiger partial charge in [-0.15, -0.1) is 0 Å². The van der Waals surface area contributed by atoms with Crippen molar-refractivity contribution in [3.8, 4) is 0 Å². The minimum atomic E-state index is -0.750. The van der Waals surface area contributed by atoms with Crippen molar-refractivity contribution >= 4 is 7.69 Å². The minimum absolute atomic E-state index is 0.0999. The molecule has 3 heteroatoms. The molecule has 2 nitrogen and oxygen atoms in total. The minimum Gasteiger partial charge on any atom is -0.430 e. The van der Waals surface area contributed by atoms with E-state index in [0.29, 0.717) is 0 Å². The second-order valence-electron chi connectivity index (χ2n) is 6.48. The highest BCUT2D eigenvalue weighted by Crippen LogP contribution is 2.49. The largest absolute Gasteiger partial charge is 0.432 e. The van der Waals surface area contributed by atoms with Crippen LogP contribution in [-0.2, 0) is 10.8 Å². The summed E-state index contributed by atoms with van der Waals surface area (Å²) >= 11 is 0. The van der Waals surface area contributed by atoms with Gasteiger partial charge in [0.2, 0.25) is 0 Å². The number of benzene rings is 2. The molecule has 0 fully saturated rings. The molecule has 0 spiro atoms. The Bertz CT molecular complexity index is 527. The average Bonchev–Trinajstić information content (AvgIpc) is 2.47. The van der Waals surface area contributed by atoms with Gasteiger partial charge in [0.15, 0.2) is 0 Å². The summed E-state index contributed by atoms with van der Waals surface area (Å²) in [4.78, 5) is 0. The van der Waals surface area contributed by atoms with Crippen molar-refractivity contribution in [3.05, 3.63) is 70.8 Å². The van der Waals surface area contributed by atoms with E-state index in [-0.39, 0.29) is 10.8 Å². The molecule has 0 aromatic heterocycles. The van der Waals surface area contributed by atoms with Crippen LogP contribution >= 0.6 is 0 Å². The van der Waals surface area contributed by atoms with Crippen molar-refractivity contribution in [1.82, 2.24) is 0 Å². The summed E-state index contributed by atoms with van der Waals surface area (Å²) in [5.74, 6) is 0. The molecule has 0 aliphatic heterocycles. The van der Waals surface area contributed by atoms with Gasteiger partial charge in [0.05, 0.1) is 0 Å². The van der Waals surface area contributed by atoms with Crippen molar-refractivity contribution in [2.75, 3.05) is 0 Å². The van der Waals surface area contributed by atoms with Crippen LogP contribution in [0.3, 0.4) is 0 Å². The Morgan fingerprint density at radius 1 is 0.619 bits per heavy atom. The number of fused-ring (bicyclic) bond motifs is 2. The number of hydrogen-bond donors (Lipinski definition) is 2. The fraction of sp³-hybridized carbons (Fsp3) is 0.333. The summed E-state index contributed by atoms with van der Waals surface area (Å²) in [5, 5.41) is 14.2. The van der Waals surface area contributed by atoms with Crippen LogP contribution in [0.4, 0.5) is 0 Å². The summed E-state index contributed by atoms with van der Waals surface area (Å²) in [6.07, 6.45) is 0. The van der Waals surface area contributed by atoms with Gasteiger partial charge in [0.1, 0.15) is 0 Å². The first-order chi connectivity index (χ1) is 9.87. The van der Waals surface area contributed by atoms with Crippen molar-refractivity contribution < 1.29 is 10.0 Å². The summed E-state index contributed by atoms with van der Waals surface area (Å²) < 4.78 is 0. The molecule has 0 bridgehead atoms. The molecule has 0 heterocycles. The lowest BCUT2D eigenvalue weighted by Gasteiger charge is -2.43. The Kier molecular flexibility index (Phi) is 4.26. The predicted molar refractivity (Wildman–Crippen MR) is 88.7 cm³/mol. The number of hydrogen-bond acceptors (Lipinski definition) is 2. The van der Waals surface area contributed by atoms with Gasteiger partial charge in [-0.3, -0.25) is 0 Å². The van der Waals surface area contributed by atoms with Crippen LogP contribution in [0, 0.1) is 0 Å². The van der Waals surface area contributed by atoms with Crippen molar-refractivity contribution in [2.24, 2.45) is 0 Å². The molecular formula is C18H23BO2. The zero-order valence-electron chi connectivity index (χ0n) is 13.2. The molecule has 0 saturated carbocycles. The molecule has 21 heavy (non-hydrogen) atoms. The van der Waals surface area contributed by atoms with Crippen molar-refractivity contribution in [3.63, 3.8) is 0 Å². The van der Waals surface area contributed by atoms with Gasteiger partial charge >= 0.3 is 7.69 Å². The molecule has 0 unspecified atom stereocenters. The highest BCUT2D eigenvalue weighted by Gasteiger charge is 2.40. The maximum Gasteiger partial charge on any atom is 0.432 e. The van der Waals surface area contributed by atoms with Crippen LogP contribution in [0.25, 0.3) is 0 Å². The highest BCUT2D eigenvalue weighted by molar-refractivity contribution is 6.13. The van der Waals surface area contributed by atoms with Gasteiger partial charge in [-0.1, -0.05) is 76.2 Å². The SMILES string of the molecule is CC1(C)c2ccccc2C(C)(C)c2ccccc21.OBO. The third-order valence-corrected chi connectivity index (χ3v) is 4.55. The van der Waals surface area contributed by atoms with Gasteiger partial charge < -0.3 is 10.0 Å². The van der Waals surface area contributed by atoms with E-state index in [0.717, 1.165) is 0 Å². The van der Waals surface area contributed by atoms with Crippen LogP contribution < -0.4 is 0 Å². The van der Waals surface area contributed by atoms with Crippen LogP contribution in [0.5, 0.6) is 0 Å². The summed E-state index contributed by atoms with van der Waals surface area (Å²) in [7, 11) is -0.750. The topological polar surface area (TPSA) is 40.5 Å². The first-order valence-electron chi connectivity index (χ1n) is 7.29. The van der Waals surface area contributed by atoms with Gasteiger partial charge in [-0.05, 0) is 22.3 Å². The second kappa shape index (κ2) is 5.66. The highest BCUT2D eigenvalue weighted by atomic mass is 16.4. The lowest BCUT2D eigenvalue weighted by Crippen LogP contribution is -2.36.